The molecule has 0 saturated carbocycles. The van der Waals surface area contributed by atoms with Gasteiger partial charge in [0.25, 0.3) is 0 Å². The van der Waals surface area contributed by atoms with Gasteiger partial charge in [0.2, 0.25) is 5.88 Å². The fourth-order valence-electron chi connectivity index (χ4n) is 4.72. The van der Waals surface area contributed by atoms with Crippen molar-refractivity contribution in [3.8, 4) is 5.88 Å². The summed E-state index contributed by atoms with van der Waals surface area (Å²) in [7, 11) is 1.91. The quantitative estimate of drug-likeness (QED) is 0.318. The van der Waals surface area contributed by atoms with E-state index in [1.54, 1.807) is 26.8 Å². The number of rotatable bonds is 9. The minimum Gasteiger partial charge on any atom is -0.475 e. The van der Waals surface area contributed by atoms with E-state index >= 15 is 0 Å². The molecular formula is C30H32F3N3O3. The zero-order valence-corrected chi connectivity index (χ0v) is 22.4. The Morgan fingerprint density at radius 1 is 1.08 bits per heavy atom. The number of anilines is 1. The smallest absolute Gasteiger partial charge is 0.416 e. The van der Waals surface area contributed by atoms with E-state index in [2.05, 4.69) is 10.3 Å². The molecule has 3 aromatic rings. The number of nitrogens with one attached hydrogen (secondary N) is 1. The first-order valence-electron chi connectivity index (χ1n) is 12.7. The third-order valence-electron chi connectivity index (χ3n) is 6.40. The number of carbonyl (C=O) groups is 1. The standard InChI is InChI=1S/C30H32F3N3O3/c1-19(2)39-28-27-24(14-15-34-28)35-20(3)25(26(27)22-12-8-9-13-23(22)30(31,32)33)29(37)38-17-16-36(4)18-21-10-6-5-7-11-21/h5-15,19,26,35H,16-18H2,1-4H3/t26-/m1/s1. The third kappa shape index (κ3) is 6.60. The molecule has 1 atom stereocenters. The van der Waals surface area contributed by atoms with Gasteiger partial charge in [-0.25, -0.2) is 9.78 Å². The number of esters is 1. The molecule has 1 aliphatic heterocycles. The van der Waals surface area contributed by atoms with E-state index in [1.807, 2.05) is 42.3 Å². The zero-order chi connectivity index (χ0) is 28.2. The first-order valence-corrected chi connectivity index (χ1v) is 12.7. The zero-order valence-electron chi connectivity index (χ0n) is 22.4. The summed E-state index contributed by atoms with van der Waals surface area (Å²) in [5.74, 6) is -1.63. The lowest BCUT2D eigenvalue weighted by atomic mass is 9.79. The number of halogens is 3. The molecule has 39 heavy (non-hydrogen) atoms. The van der Waals surface area contributed by atoms with E-state index < -0.39 is 23.6 Å². The van der Waals surface area contributed by atoms with Crippen LogP contribution < -0.4 is 10.1 Å². The van der Waals surface area contributed by atoms with Crippen molar-refractivity contribution < 1.29 is 27.4 Å². The van der Waals surface area contributed by atoms with Gasteiger partial charge in [-0.1, -0.05) is 48.5 Å². The Bertz CT molecular complexity index is 1340. The number of likely N-dealkylation sites (N-methyl/N-ethyl adjacent to an activating group) is 1. The summed E-state index contributed by atoms with van der Waals surface area (Å²) in [6, 6.07) is 16.8. The van der Waals surface area contributed by atoms with Gasteiger partial charge in [0.05, 0.1) is 23.2 Å². The van der Waals surface area contributed by atoms with Crippen LogP contribution in [0, 0.1) is 0 Å². The van der Waals surface area contributed by atoms with E-state index in [0.717, 1.165) is 11.6 Å². The number of ether oxygens (including phenoxy) is 2. The van der Waals surface area contributed by atoms with Crippen molar-refractivity contribution in [2.45, 2.75) is 45.5 Å². The lowest BCUT2D eigenvalue weighted by Gasteiger charge is -2.32. The third-order valence-corrected chi connectivity index (χ3v) is 6.40. The molecule has 0 radical (unpaired) electrons. The van der Waals surface area contributed by atoms with Crippen molar-refractivity contribution in [2.24, 2.45) is 0 Å². The molecule has 0 unspecified atom stereocenters. The van der Waals surface area contributed by atoms with Gasteiger partial charge in [0.15, 0.2) is 0 Å². The minimum atomic E-state index is -4.63. The molecule has 1 N–H and O–H groups in total. The summed E-state index contributed by atoms with van der Waals surface area (Å²) in [5, 5.41) is 3.16. The maximum Gasteiger partial charge on any atom is 0.416 e. The molecule has 1 aromatic heterocycles. The average molecular weight is 540 g/mol. The molecule has 0 saturated heterocycles. The fraction of sp³-hybridized carbons (Fsp3) is 0.333. The van der Waals surface area contributed by atoms with E-state index in [4.69, 9.17) is 9.47 Å². The molecule has 2 aromatic carbocycles. The summed E-state index contributed by atoms with van der Waals surface area (Å²) in [4.78, 5) is 19.9. The molecule has 9 heteroatoms. The summed E-state index contributed by atoms with van der Waals surface area (Å²) in [6.07, 6.45) is -3.40. The number of nitrogens with zero attached hydrogens (tertiary/aromatic N) is 2. The normalized spacial score (nSPS) is 15.3. The number of pyridine rings is 1. The van der Waals surface area contributed by atoms with Gasteiger partial charge in [-0.05, 0) is 51.1 Å². The molecule has 0 aliphatic carbocycles. The van der Waals surface area contributed by atoms with Gasteiger partial charge in [0, 0.05) is 36.2 Å². The largest absolute Gasteiger partial charge is 0.475 e. The molecule has 206 valence electrons. The second-order valence-corrected chi connectivity index (χ2v) is 9.78. The maximum atomic E-state index is 14.2. The molecule has 0 bridgehead atoms. The highest BCUT2D eigenvalue weighted by Crippen LogP contribution is 2.48. The number of alkyl halides is 3. The van der Waals surface area contributed by atoms with Crippen molar-refractivity contribution in [1.29, 1.82) is 0 Å². The van der Waals surface area contributed by atoms with Crippen LogP contribution >= 0.6 is 0 Å². The van der Waals surface area contributed by atoms with Gasteiger partial charge in [0.1, 0.15) is 6.61 Å². The molecule has 0 fully saturated rings. The fourth-order valence-corrected chi connectivity index (χ4v) is 4.72. The van der Waals surface area contributed by atoms with Crippen LogP contribution in [0.25, 0.3) is 0 Å². The molecule has 4 rings (SSSR count). The highest BCUT2D eigenvalue weighted by molar-refractivity contribution is 5.95. The Hall–Kier alpha value is -3.85. The summed E-state index contributed by atoms with van der Waals surface area (Å²) >= 11 is 0. The Balaban J connectivity index is 1.68. The second-order valence-electron chi connectivity index (χ2n) is 9.78. The van der Waals surface area contributed by atoms with Crippen molar-refractivity contribution in [2.75, 3.05) is 25.5 Å². The molecular weight excluding hydrogens is 507 g/mol. The molecule has 1 aliphatic rings. The van der Waals surface area contributed by atoms with Crippen LogP contribution in [0.3, 0.4) is 0 Å². The Kier molecular flexibility index (Phi) is 8.60. The first kappa shape index (κ1) is 28.2. The van der Waals surface area contributed by atoms with E-state index in [1.165, 1.54) is 24.4 Å². The van der Waals surface area contributed by atoms with Gasteiger partial charge in [-0.15, -0.1) is 0 Å². The predicted molar refractivity (Wildman–Crippen MR) is 143 cm³/mol. The van der Waals surface area contributed by atoms with E-state index in [0.29, 0.717) is 30.0 Å². The topological polar surface area (TPSA) is 63.7 Å². The number of carbonyl (C=O) groups excluding carboxylic acids is 1. The predicted octanol–water partition coefficient (Wildman–Crippen LogP) is 6.39. The highest BCUT2D eigenvalue weighted by atomic mass is 19.4. The van der Waals surface area contributed by atoms with Gasteiger partial charge in [-0.3, -0.25) is 4.90 Å². The number of hydrogen-bond donors (Lipinski definition) is 1. The van der Waals surface area contributed by atoms with Crippen LogP contribution in [-0.4, -0.2) is 42.2 Å². The number of allylic oxidation sites excluding steroid dienone is 1. The Morgan fingerprint density at radius 2 is 1.77 bits per heavy atom. The van der Waals surface area contributed by atoms with Gasteiger partial charge < -0.3 is 14.8 Å². The van der Waals surface area contributed by atoms with Crippen molar-refractivity contribution >= 4 is 11.7 Å². The van der Waals surface area contributed by atoms with Gasteiger partial charge >= 0.3 is 12.1 Å². The van der Waals surface area contributed by atoms with E-state index in [-0.39, 0.29) is 29.7 Å². The van der Waals surface area contributed by atoms with Crippen LogP contribution in [0.5, 0.6) is 5.88 Å². The van der Waals surface area contributed by atoms with Crippen LogP contribution in [-0.2, 0) is 22.3 Å². The number of aromatic nitrogens is 1. The molecule has 0 amide bonds. The van der Waals surface area contributed by atoms with Crippen LogP contribution in [0.15, 0.2) is 78.1 Å². The summed E-state index contributed by atoms with van der Waals surface area (Å²) in [6.45, 7) is 6.45. The molecule has 0 spiro atoms. The second kappa shape index (κ2) is 11.9. The van der Waals surface area contributed by atoms with Crippen LogP contribution in [0.4, 0.5) is 18.9 Å². The summed E-state index contributed by atoms with van der Waals surface area (Å²) in [5.41, 5.74) is 1.61. The maximum absolute atomic E-state index is 14.2. The number of hydrogen-bond acceptors (Lipinski definition) is 6. The van der Waals surface area contributed by atoms with Crippen LogP contribution in [0.1, 0.15) is 48.9 Å². The van der Waals surface area contributed by atoms with Crippen molar-refractivity contribution in [3.05, 3.63) is 100 Å². The molecule has 6 nitrogen and oxygen atoms in total. The lowest BCUT2D eigenvalue weighted by Crippen LogP contribution is -2.29. The minimum absolute atomic E-state index is 0.0677. The lowest BCUT2D eigenvalue weighted by molar-refractivity contribution is -0.141. The number of benzene rings is 2. The number of fused-ring (bicyclic) bond motifs is 1. The van der Waals surface area contributed by atoms with Crippen LogP contribution in [0.2, 0.25) is 0 Å². The Labute approximate surface area is 226 Å². The Morgan fingerprint density at radius 3 is 2.46 bits per heavy atom. The summed E-state index contributed by atoms with van der Waals surface area (Å²) < 4.78 is 54.1. The average Bonchev–Trinajstić information content (AvgIpc) is 2.87. The molecule has 2 heterocycles. The van der Waals surface area contributed by atoms with Crippen molar-refractivity contribution in [3.63, 3.8) is 0 Å². The van der Waals surface area contributed by atoms with Crippen molar-refractivity contribution in [1.82, 2.24) is 9.88 Å². The highest BCUT2D eigenvalue weighted by Gasteiger charge is 2.42. The van der Waals surface area contributed by atoms with Gasteiger partial charge in [-0.2, -0.15) is 13.2 Å². The SMILES string of the molecule is CC1=C(C(=O)OCCN(C)Cc2ccccc2)[C@@H](c2ccccc2C(F)(F)F)c2c(ccnc2OC(C)C)N1. The van der Waals surface area contributed by atoms with E-state index in [9.17, 15) is 18.0 Å². The monoisotopic (exact) mass is 539 g/mol. The first-order chi connectivity index (χ1) is 18.6.